The first-order valence-corrected chi connectivity index (χ1v) is 6.90. The summed E-state index contributed by atoms with van der Waals surface area (Å²) in [6.07, 6.45) is -1.68. The third kappa shape index (κ3) is 3.67. The molecule has 2 N–H and O–H groups in total. The smallest absolute Gasteiger partial charge is 0.393 e. The molecule has 1 aromatic heterocycles. The normalized spacial score (nSPS) is 14.4. The highest BCUT2D eigenvalue weighted by molar-refractivity contribution is 7.90. The standard InChI is InChI=1S/C8H10F3N3O2S2/c1-18(15,16)5-2-13-14(3-5)4-6(7(12)17)8(9,10)11/h2-3,6H,4H2,1H3,(H2,12,17). The second kappa shape index (κ2) is 4.84. The lowest BCUT2D eigenvalue weighted by Gasteiger charge is -2.18. The number of nitrogens with zero attached hydrogens (tertiary/aromatic N) is 2. The number of hydrogen-bond acceptors (Lipinski definition) is 4. The highest BCUT2D eigenvalue weighted by atomic mass is 32.2. The molecule has 0 aliphatic carbocycles. The second-order valence-corrected chi connectivity index (χ2v) is 6.15. The summed E-state index contributed by atoms with van der Waals surface area (Å²) in [5.41, 5.74) is 5.02. The van der Waals surface area contributed by atoms with Crippen LogP contribution in [-0.4, -0.2) is 35.6 Å². The molecule has 0 aliphatic rings. The van der Waals surface area contributed by atoms with Gasteiger partial charge < -0.3 is 5.73 Å². The van der Waals surface area contributed by atoms with E-state index < -0.39 is 33.5 Å². The van der Waals surface area contributed by atoms with Gasteiger partial charge in [-0.15, -0.1) is 0 Å². The van der Waals surface area contributed by atoms with Crippen LogP contribution in [0.3, 0.4) is 0 Å². The summed E-state index contributed by atoms with van der Waals surface area (Å²) in [6, 6.07) is 0. The number of alkyl halides is 3. The molecule has 10 heteroatoms. The van der Waals surface area contributed by atoms with Crippen molar-refractivity contribution in [3.63, 3.8) is 0 Å². The quantitative estimate of drug-likeness (QED) is 0.830. The third-order valence-corrected chi connectivity index (χ3v) is 3.50. The van der Waals surface area contributed by atoms with E-state index in [1.165, 1.54) is 0 Å². The fourth-order valence-corrected chi connectivity index (χ4v) is 1.94. The fourth-order valence-electron chi connectivity index (χ4n) is 1.18. The Balaban J connectivity index is 2.97. The van der Waals surface area contributed by atoms with Crippen LogP contribution in [0.1, 0.15) is 0 Å². The second-order valence-electron chi connectivity index (χ2n) is 3.67. The van der Waals surface area contributed by atoms with E-state index in [0.29, 0.717) is 0 Å². The Labute approximate surface area is 107 Å². The van der Waals surface area contributed by atoms with Gasteiger partial charge in [-0.05, 0) is 0 Å². The van der Waals surface area contributed by atoms with Crippen LogP contribution in [-0.2, 0) is 16.4 Å². The summed E-state index contributed by atoms with van der Waals surface area (Å²) in [5, 5.41) is 3.54. The first-order valence-electron chi connectivity index (χ1n) is 4.60. The van der Waals surface area contributed by atoms with Crippen molar-refractivity contribution >= 4 is 27.0 Å². The number of nitrogens with two attached hydrogens (primary N) is 1. The lowest BCUT2D eigenvalue weighted by molar-refractivity contribution is -0.158. The van der Waals surface area contributed by atoms with Gasteiger partial charge in [0.15, 0.2) is 9.84 Å². The van der Waals surface area contributed by atoms with Gasteiger partial charge in [0.05, 0.1) is 17.7 Å². The van der Waals surface area contributed by atoms with E-state index >= 15 is 0 Å². The van der Waals surface area contributed by atoms with Crippen molar-refractivity contribution in [3.05, 3.63) is 12.4 Å². The summed E-state index contributed by atoms with van der Waals surface area (Å²) < 4.78 is 60.8. The van der Waals surface area contributed by atoms with Gasteiger partial charge in [0.25, 0.3) is 0 Å². The maximum atomic E-state index is 12.6. The van der Waals surface area contributed by atoms with Crippen LogP contribution in [0.5, 0.6) is 0 Å². The third-order valence-electron chi connectivity index (χ3n) is 2.15. The molecule has 0 saturated heterocycles. The highest BCUT2D eigenvalue weighted by Crippen LogP contribution is 2.28. The molecule has 0 radical (unpaired) electrons. The number of sulfone groups is 1. The zero-order valence-corrected chi connectivity index (χ0v) is 10.8. The molecule has 0 amide bonds. The molecule has 0 spiro atoms. The van der Waals surface area contributed by atoms with Crippen LogP contribution < -0.4 is 5.73 Å². The number of halogens is 3. The van der Waals surface area contributed by atoms with Crippen molar-refractivity contribution in [1.29, 1.82) is 0 Å². The Morgan fingerprint density at radius 2 is 2.17 bits per heavy atom. The summed E-state index contributed by atoms with van der Waals surface area (Å²) in [4.78, 5) is -0.870. The van der Waals surface area contributed by atoms with Gasteiger partial charge in [-0.2, -0.15) is 18.3 Å². The Hall–Kier alpha value is -1.16. The molecule has 1 atom stereocenters. The monoisotopic (exact) mass is 301 g/mol. The van der Waals surface area contributed by atoms with Gasteiger partial charge in [-0.1, -0.05) is 12.2 Å². The van der Waals surface area contributed by atoms with Crippen LogP contribution in [0.4, 0.5) is 13.2 Å². The molecule has 0 bridgehead atoms. The summed E-state index contributed by atoms with van der Waals surface area (Å²) in [5.74, 6) is -2.04. The average Bonchev–Trinajstić information content (AvgIpc) is 2.58. The minimum atomic E-state index is -4.59. The molecular weight excluding hydrogens is 291 g/mol. The number of thiocarbonyl (C=S) groups is 1. The minimum absolute atomic E-state index is 0.161. The van der Waals surface area contributed by atoms with Gasteiger partial charge >= 0.3 is 6.18 Å². The summed E-state index contributed by atoms with van der Waals surface area (Å²) >= 11 is 4.34. The first-order chi connectivity index (χ1) is 8.01. The summed E-state index contributed by atoms with van der Waals surface area (Å²) in [6.45, 7) is -0.644. The summed E-state index contributed by atoms with van der Waals surface area (Å²) in [7, 11) is -3.50. The zero-order chi connectivity index (χ0) is 14.1. The number of hydrogen-bond donors (Lipinski definition) is 1. The molecule has 18 heavy (non-hydrogen) atoms. The van der Waals surface area contributed by atoms with Crippen LogP contribution >= 0.6 is 12.2 Å². The van der Waals surface area contributed by atoms with Crippen LogP contribution in [0.25, 0.3) is 0 Å². The molecule has 102 valence electrons. The maximum Gasteiger partial charge on any atom is 0.399 e. The molecule has 1 unspecified atom stereocenters. The van der Waals surface area contributed by atoms with Gasteiger partial charge in [0.2, 0.25) is 0 Å². The molecule has 0 aliphatic heterocycles. The van der Waals surface area contributed by atoms with Crippen molar-refractivity contribution < 1.29 is 21.6 Å². The predicted octanol–water partition coefficient (Wildman–Crippen LogP) is 0.751. The molecule has 1 heterocycles. The van der Waals surface area contributed by atoms with Crippen LogP contribution in [0, 0.1) is 5.92 Å². The maximum absolute atomic E-state index is 12.6. The Kier molecular flexibility index (Phi) is 4.01. The van der Waals surface area contributed by atoms with Crippen molar-refractivity contribution in [1.82, 2.24) is 9.78 Å². The molecular formula is C8H10F3N3O2S2. The Morgan fingerprint density at radius 3 is 2.50 bits per heavy atom. The van der Waals surface area contributed by atoms with Crippen LogP contribution in [0.15, 0.2) is 17.3 Å². The lowest BCUT2D eigenvalue weighted by Crippen LogP contribution is -2.37. The molecule has 0 fully saturated rings. The highest BCUT2D eigenvalue weighted by Gasteiger charge is 2.42. The zero-order valence-electron chi connectivity index (χ0n) is 9.18. The van der Waals surface area contributed by atoms with Gasteiger partial charge in [0, 0.05) is 12.5 Å². The topological polar surface area (TPSA) is 78.0 Å². The molecule has 1 aromatic rings. The first kappa shape index (κ1) is 14.9. The minimum Gasteiger partial charge on any atom is -0.393 e. The van der Waals surface area contributed by atoms with Gasteiger partial charge in [0.1, 0.15) is 10.8 Å². The Morgan fingerprint density at radius 1 is 1.61 bits per heavy atom. The molecule has 1 rings (SSSR count). The predicted molar refractivity (Wildman–Crippen MR) is 61.7 cm³/mol. The number of aromatic nitrogens is 2. The van der Waals surface area contributed by atoms with Crippen molar-refractivity contribution in [2.45, 2.75) is 17.6 Å². The Bertz CT molecular complexity index is 550. The van der Waals surface area contributed by atoms with Crippen molar-refractivity contribution in [2.75, 3.05) is 6.26 Å². The van der Waals surface area contributed by atoms with E-state index in [1.54, 1.807) is 0 Å². The van der Waals surface area contributed by atoms with E-state index in [4.69, 9.17) is 5.73 Å². The fraction of sp³-hybridized carbons (Fsp3) is 0.500. The SMILES string of the molecule is CS(=O)(=O)c1cnn(CC(C(N)=S)C(F)(F)F)c1. The molecule has 0 aromatic carbocycles. The van der Waals surface area contributed by atoms with E-state index in [-0.39, 0.29) is 4.90 Å². The molecule has 5 nitrogen and oxygen atoms in total. The van der Waals surface area contributed by atoms with E-state index in [9.17, 15) is 21.6 Å². The van der Waals surface area contributed by atoms with Crippen molar-refractivity contribution in [3.8, 4) is 0 Å². The lowest BCUT2D eigenvalue weighted by atomic mass is 10.1. The van der Waals surface area contributed by atoms with Gasteiger partial charge in [-0.25, -0.2) is 8.42 Å². The largest absolute Gasteiger partial charge is 0.399 e. The van der Waals surface area contributed by atoms with Gasteiger partial charge in [-0.3, -0.25) is 4.68 Å². The van der Waals surface area contributed by atoms with E-state index in [1.807, 2.05) is 0 Å². The number of rotatable bonds is 4. The van der Waals surface area contributed by atoms with E-state index in [0.717, 1.165) is 23.3 Å². The average molecular weight is 301 g/mol. The van der Waals surface area contributed by atoms with Crippen LogP contribution in [0.2, 0.25) is 0 Å². The van der Waals surface area contributed by atoms with Crippen molar-refractivity contribution in [2.24, 2.45) is 11.7 Å². The van der Waals surface area contributed by atoms with E-state index in [2.05, 4.69) is 17.3 Å². The molecule has 0 saturated carbocycles.